The maximum Gasteiger partial charge on any atom is -0.00618 e. The van der Waals surface area contributed by atoms with E-state index < -0.39 is 0 Å². The number of hydrogen-bond donors (Lipinski definition) is 0. The van der Waals surface area contributed by atoms with Crippen LogP contribution in [0, 0.1) is 6.07 Å². The van der Waals surface area contributed by atoms with Gasteiger partial charge in [-0.25, -0.2) is 0 Å². The molecule has 0 nitrogen and oxygen atoms in total. The van der Waals surface area contributed by atoms with Crippen molar-refractivity contribution in [2.45, 2.75) is 26.2 Å². The van der Waals surface area contributed by atoms with Gasteiger partial charge in [0.05, 0.1) is 0 Å². The van der Waals surface area contributed by atoms with E-state index in [1.165, 1.54) is 27.8 Å². The third kappa shape index (κ3) is 2.82. The first-order valence-corrected chi connectivity index (χ1v) is 7.73. The maximum atomic E-state index is 3.49. The van der Waals surface area contributed by atoms with Crippen molar-refractivity contribution >= 4 is 0 Å². The molecule has 3 aromatic rings. The van der Waals surface area contributed by atoms with Gasteiger partial charge in [0.1, 0.15) is 0 Å². The summed E-state index contributed by atoms with van der Waals surface area (Å²) in [5, 5.41) is 0. The molecule has 22 heavy (non-hydrogen) atoms. The molecule has 0 aliphatic carbocycles. The van der Waals surface area contributed by atoms with Crippen LogP contribution in [0.4, 0.5) is 0 Å². The van der Waals surface area contributed by atoms with Crippen LogP contribution in [0.2, 0.25) is 0 Å². The van der Waals surface area contributed by atoms with Gasteiger partial charge in [0, 0.05) is 0 Å². The summed E-state index contributed by atoms with van der Waals surface area (Å²) in [6, 6.07) is 28.9. The third-order valence-corrected chi connectivity index (χ3v) is 3.89. The van der Waals surface area contributed by atoms with Crippen LogP contribution in [0.5, 0.6) is 0 Å². The van der Waals surface area contributed by atoms with Gasteiger partial charge < -0.3 is 0 Å². The molecule has 0 aliphatic rings. The van der Waals surface area contributed by atoms with Crippen molar-refractivity contribution in [1.82, 2.24) is 0 Å². The minimum absolute atomic E-state index is 0.0516. The van der Waals surface area contributed by atoms with E-state index >= 15 is 0 Å². The van der Waals surface area contributed by atoms with Gasteiger partial charge in [0.2, 0.25) is 0 Å². The lowest BCUT2D eigenvalue weighted by Crippen LogP contribution is -2.13. The fourth-order valence-electron chi connectivity index (χ4n) is 2.85. The fraction of sp³-hybridized carbons (Fsp3) is 0.182. The van der Waals surface area contributed by atoms with Gasteiger partial charge in [-0.1, -0.05) is 93.6 Å². The SMILES string of the molecule is CC(C)(C)c1[c]ccc(-c2ccccc2)c1-c1ccccc1. The van der Waals surface area contributed by atoms with Crippen molar-refractivity contribution in [3.63, 3.8) is 0 Å². The van der Waals surface area contributed by atoms with E-state index in [9.17, 15) is 0 Å². The first-order valence-electron chi connectivity index (χ1n) is 7.73. The van der Waals surface area contributed by atoms with Crippen LogP contribution in [-0.2, 0) is 5.41 Å². The zero-order valence-corrected chi connectivity index (χ0v) is 13.4. The number of benzene rings is 3. The summed E-state index contributed by atoms with van der Waals surface area (Å²) in [6.07, 6.45) is 0. The quantitative estimate of drug-likeness (QED) is 0.532. The predicted octanol–water partition coefficient (Wildman–Crippen LogP) is 6.12. The number of rotatable bonds is 2. The molecule has 0 unspecified atom stereocenters. The van der Waals surface area contributed by atoms with Gasteiger partial charge in [-0.05, 0) is 39.3 Å². The van der Waals surface area contributed by atoms with E-state index in [0.29, 0.717) is 0 Å². The summed E-state index contributed by atoms with van der Waals surface area (Å²) in [5.74, 6) is 0. The molecule has 109 valence electrons. The van der Waals surface area contributed by atoms with Gasteiger partial charge in [-0.2, -0.15) is 0 Å². The Bertz CT molecular complexity index is 747. The van der Waals surface area contributed by atoms with Crippen LogP contribution in [0.1, 0.15) is 26.3 Å². The molecule has 0 saturated heterocycles. The van der Waals surface area contributed by atoms with Gasteiger partial charge in [0.25, 0.3) is 0 Å². The molecule has 3 aromatic carbocycles. The predicted molar refractivity (Wildman–Crippen MR) is 94.9 cm³/mol. The molecule has 0 aromatic heterocycles. The normalized spacial score (nSPS) is 11.4. The average molecular weight is 285 g/mol. The molecule has 0 N–H and O–H groups in total. The van der Waals surface area contributed by atoms with Crippen molar-refractivity contribution in [1.29, 1.82) is 0 Å². The van der Waals surface area contributed by atoms with E-state index in [-0.39, 0.29) is 5.41 Å². The monoisotopic (exact) mass is 285 g/mol. The molecule has 0 aliphatic heterocycles. The second kappa shape index (κ2) is 5.81. The zero-order chi connectivity index (χ0) is 15.6. The lowest BCUT2D eigenvalue weighted by molar-refractivity contribution is 0.591. The third-order valence-electron chi connectivity index (χ3n) is 3.89. The van der Waals surface area contributed by atoms with Crippen LogP contribution in [0.25, 0.3) is 22.3 Å². The van der Waals surface area contributed by atoms with Gasteiger partial charge >= 0.3 is 0 Å². The van der Waals surface area contributed by atoms with Gasteiger partial charge in [-0.15, -0.1) is 0 Å². The average Bonchev–Trinajstić information content (AvgIpc) is 2.55. The van der Waals surface area contributed by atoms with Crippen LogP contribution in [-0.4, -0.2) is 0 Å². The highest BCUT2D eigenvalue weighted by Gasteiger charge is 2.21. The van der Waals surface area contributed by atoms with E-state index in [0.717, 1.165) is 0 Å². The Kier molecular flexibility index (Phi) is 3.85. The number of hydrogen-bond acceptors (Lipinski definition) is 0. The van der Waals surface area contributed by atoms with E-state index in [2.05, 4.69) is 99.6 Å². The smallest absolute Gasteiger partial charge is 0.00618 e. The Morgan fingerprint density at radius 2 is 1.23 bits per heavy atom. The van der Waals surface area contributed by atoms with E-state index in [1.807, 2.05) is 0 Å². The van der Waals surface area contributed by atoms with Crippen molar-refractivity contribution in [3.8, 4) is 22.3 Å². The lowest BCUT2D eigenvalue weighted by Gasteiger charge is -2.25. The molecular weight excluding hydrogens is 264 g/mol. The second-order valence-corrected chi connectivity index (χ2v) is 6.62. The molecule has 0 fully saturated rings. The molecule has 1 radical (unpaired) electrons. The minimum atomic E-state index is 0.0516. The molecule has 0 atom stereocenters. The summed E-state index contributed by atoms with van der Waals surface area (Å²) in [4.78, 5) is 0. The summed E-state index contributed by atoms with van der Waals surface area (Å²) in [6.45, 7) is 6.75. The summed E-state index contributed by atoms with van der Waals surface area (Å²) < 4.78 is 0. The van der Waals surface area contributed by atoms with Crippen molar-refractivity contribution in [3.05, 3.63) is 84.4 Å². The van der Waals surface area contributed by atoms with Gasteiger partial charge in [-0.3, -0.25) is 0 Å². The van der Waals surface area contributed by atoms with Crippen LogP contribution < -0.4 is 0 Å². The largest absolute Gasteiger partial charge is 0.0622 e. The van der Waals surface area contributed by atoms with Crippen LogP contribution >= 0.6 is 0 Å². The second-order valence-electron chi connectivity index (χ2n) is 6.62. The summed E-state index contributed by atoms with van der Waals surface area (Å²) in [7, 11) is 0. The molecule has 0 heteroatoms. The van der Waals surface area contributed by atoms with Crippen LogP contribution in [0.3, 0.4) is 0 Å². The lowest BCUT2D eigenvalue weighted by atomic mass is 9.79. The molecule has 0 heterocycles. The molecule has 0 bridgehead atoms. The first-order chi connectivity index (χ1) is 10.6. The molecule has 3 rings (SSSR count). The first kappa shape index (κ1) is 14.6. The Hall–Kier alpha value is -2.34. The molecular formula is C22H21. The minimum Gasteiger partial charge on any atom is -0.0622 e. The van der Waals surface area contributed by atoms with Crippen LogP contribution in [0.15, 0.2) is 72.8 Å². The summed E-state index contributed by atoms with van der Waals surface area (Å²) in [5.41, 5.74) is 6.39. The molecule has 0 saturated carbocycles. The van der Waals surface area contributed by atoms with Crippen molar-refractivity contribution < 1.29 is 0 Å². The Labute approximate surface area is 133 Å². The maximum absolute atomic E-state index is 3.49. The van der Waals surface area contributed by atoms with Crippen molar-refractivity contribution in [2.24, 2.45) is 0 Å². The Morgan fingerprint density at radius 1 is 0.682 bits per heavy atom. The van der Waals surface area contributed by atoms with Gasteiger partial charge in [0.15, 0.2) is 0 Å². The fourth-order valence-corrected chi connectivity index (χ4v) is 2.85. The topological polar surface area (TPSA) is 0 Å². The zero-order valence-electron chi connectivity index (χ0n) is 13.4. The highest BCUT2D eigenvalue weighted by molar-refractivity contribution is 5.86. The Morgan fingerprint density at radius 3 is 1.77 bits per heavy atom. The van der Waals surface area contributed by atoms with Crippen molar-refractivity contribution in [2.75, 3.05) is 0 Å². The standard InChI is InChI=1S/C22H21/c1-22(2,3)20-16-10-15-19(17-11-6-4-7-12-17)21(20)18-13-8-5-9-14-18/h4-15H,1-3H3. The summed E-state index contributed by atoms with van der Waals surface area (Å²) >= 11 is 0. The van der Waals surface area contributed by atoms with E-state index in [4.69, 9.17) is 0 Å². The molecule has 0 amide bonds. The Balaban J connectivity index is 2.32. The highest BCUT2D eigenvalue weighted by Crippen LogP contribution is 2.39. The van der Waals surface area contributed by atoms with E-state index in [1.54, 1.807) is 0 Å². The highest BCUT2D eigenvalue weighted by atomic mass is 14.2. The molecule has 0 spiro atoms.